The molecule has 0 spiro atoms. The highest BCUT2D eigenvalue weighted by atomic mass is 32.2. The van der Waals surface area contributed by atoms with E-state index in [1.165, 1.54) is 28.5 Å². The lowest BCUT2D eigenvalue weighted by Crippen LogP contribution is -2.35. The van der Waals surface area contributed by atoms with Crippen LogP contribution in [0.2, 0.25) is 0 Å². The van der Waals surface area contributed by atoms with Gasteiger partial charge in [-0.3, -0.25) is 9.59 Å². The number of nitrogens with one attached hydrogen (secondary N) is 1. The molecule has 1 aliphatic heterocycles. The third-order valence-electron chi connectivity index (χ3n) is 7.29. The van der Waals surface area contributed by atoms with Crippen molar-refractivity contribution in [1.82, 2.24) is 5.32 Å². The minimum absolute atomic E-state index is 0.0156. The molecule has 1 N–H and O–H groups in total. The maximum atomic E-state index is 13.7. The van der Waals surface area contributed by atoms with Crippen molar-refractivity contribution in [2.45, 2.75) is 51.1 Å². The van der Waals surface area contributed by atoms with E-state index in [0.29, 0.717) is 17.0 Å². The van der Waals surface area contributed by atoms with Gasteiger partial charge in [-0.2, -0.15) is 0 Å². The molecule has 1 heterocycles. The van der Waals surface area contributed by atoms with Gasteiger partial charge in [0.15, 0.2) is 0 Å². The van der Waals surface area contributed by atoms with E-state index in [0.717, 1.165) is 34.6 Å². The Hall–Kier alpha value is -4.09. The Morgan fingerprint density at radius 2 is 1.65 bits per heavy atom. The highest BCUT2D eigenvalue weighted by Gasteiger charge is 2.29. The van der Waals surface area contributed by atoms with E-state index < -0.39 is 0 Å². The number of hydrogen-bond donors (Lipinski definition) is 1. The predicted octanol–water partition coefficient (Wildman–Crippen LogP) is 7.73. The fraction of sp³-hybridized carbons (Fsp3) is 0.200. The van der Waals surface area contributed by atoms with Gasteiger partial charge in [0, 0.05) is 16.5 Å². The van der Waals surface area contributed by atoms with Gasteiger partial charge in [0.2, 0.25) is 0 Å². The highest BCUT2D eigenvalue weighted by Crippen LogP contribution is 2.42. The molecule has 0 saturated heterocycles. The zero-order valence-corrected chi connectivity index (χ0v) is 24.0. The maximum absolute atomic E-state index is 13.7. The van der Waals surface area contributed by atoms with Crippen LogP contribution in [0.15, 0.2) is 107 Å². The molecule has 0 radical (unpaired) electrons. The van der Waals surface area contributed by atoms with E-state index in [1.807, 2.05) is 71.6 Å². The van der Waals surface area contributed by atoms with Crippen LogP contribution < -0.4 is 10.2 Å². The number of benzene rings is 4. The molecule has 0 saturated carbocycles. The average molecular weight is 547 g/mol. The van der Waals surface area contributed by atoms with Crippen molar-refractivity contribution < 1.29 is 9.59 Å². The first kappa shape index (κ1) is 27.5. The third-order valence-corrected chi connectivity index (χ3v) is 8.37. The number of nitrogens with zero attached hydrogens (tertiary/aromatic N) is 1. The van der Waals surface area contributed by atoms with E-state index in [1.54, 1.807) is 0 Å². The summed E-state index contributed by atoms with van der Waals surface area (Å²) < 4.78 is 0. The van der Waals surface area contributed by atoms with Gasteiger partial charge in [0.25, 0.3) is 11.8 Å². The van der Waals surface area contributed by atoms with E-state index >= 15 is 0 Å². The summed E-state index contributed by atoms with van der Waals surface area (Å²) in [4.78, 5) is 30.3. The number of para-hydroxylation sites is 1. The number of hydrogen-bond acceptors (Lipinski definition) is 3. The number of carbonyl (C=O) groups is 2. The molecule has 0 aromatic heterocycles. The summed E-state index contributed by atoms with van der Waals surface area (Å²) >= 11 is 1.49. The average Bonchev–Trinajstić information content (AvgIpc) is 2.97. The molecule has 1 atom stereocenters. The molecule has 0 unspecified atom stereocenters. The predicted molar refractivity (Wildman–Crippen MR) is 166 cm³/mol. The summed E-state index contributed by atoms with van der Waals surface area (Å²) in [5, 5.41) is 3.17. The van der Waals surface area contributed by atoms with Crippen LogP contribution in [0, 0.1) is 13.8 Å². The molecule has 202 valence electrons. The van der Waals surface area contributed by atoms with Crippen LogP contribution >= 0.6 is 11.8 Å². The fourth-order valence-electron chi connectivity index (χ4n) is 4.91. The first-order valence-corrected chi connectivity index (χ1v) is 14.5. The van der Waals surface area contributed by atoms with Crippen molar-refractivity contribution in [2.75, 3.05) is 4.90 Å². The van der Waals surface area contributed by atoms with Gasteiger partial charge in [-0.25, -0.2) is 0 Å². The number of thioether (sulfide) groups is 1. The number of carbonyl (C=O) groups excluding carboxylic acids is 2. The van der Waals surface area contributed by atoms with Crippen molar-refractivity contribution in [3.63, 3.8) is 0 Å². The van der Waals surface area contributed by atoms with Gasteiger partial charge in [0.05, 0.1) is 17.1 Å². The van der Waals surface area contributed by atoms with Gasteiger partial charge in [-0.05, 0) is 79.3 Å². The van der Waals surface area contributed by atoms with Crippen LogP contribution in [0.1, 0.15) is 51.5 Å². The van der Waals surface area contributed by atoms with Gasteiger partial charge in [-0.15, -0.1) is 0 Å². The lowest BCUT2D eigenvalue weighted by atomic mass is 10.0. The van der Waals surface area contributed by atoms with Crippen molar-refractivity contribution in [2.24, 2.45) is 0 Å². The third kappa shape index (κ3) is 6.37. The number of anilines is 1. The Morgan fingerprint density at radius 3 is 2.40 bits per heavy atom. The summed E-state index contributed by atoms with van der Waals surface area (Å²) in [6.07, 6.45) is 3.57. The quantitative estimate of drug-likeness (QED) is 0.230. The molecular formula is C35H34N2O2S. The van der Waals surface area contributed by atoms with Crippen molar-refractivity contribution >= 4 is 35.3 Å². The first-order valence-electron chi connectivity index (χ1n) is 13.7. The molecule has 0 aliphatic carbocycles. The smallest absolute Gasteiger partial charge is 0.265 e. The number of rotatable bonds is 8. The zero-order chi connectivity index (χ0) is 28.1. The summed E-state index contributed by atoms with van der Waals surface area (Å²) in [6, 6.07) is 32.2. The zero-order valence-electron chi connectivity index (χ0n) is 23.2. The van der Waals surface area contributed by atoms with Crippen LogP contribution in [0.5, 0.6) is 0 Å². The standard InChI is InChI=1S/C35H34N2O2S/c1-4-30(21-26-10-6-5-7-11-26)36-34(38)28-18-16-27(17-19-28)22-33-35(39)37(31-12-8-9-13-32(31)40-33)23-29-20-24(2)14-15-25(29)3/h5-20,22,30H,4,21,23H2,1-3H3,(H,36,38)/b33-22-/t30-/m0/s1. The molecule has 4 aromatic carbocycles. The summed E-state index contributed by atoms with van der Waals surface area (Å²) in [5.41, 5.74) is 7.12. The minimum atomic E-state index is -0.0845. The Bertz CT molecular complexity index is 1540. The monoisotopic (exact) mass is 546 g/mol. The van der Waals surface area contributed by atoms with E-state index in [2.05, 4.69) is 62.5 Å². The van der Waals surface area contributed by atoms with Gasteiger partial charge < -0.3 is 10.2 Å². The van der Waals surface area contributed by atoms with Crippen LogP contribution in [0.25, 0.3) is 6.08 Å². The van der Waals surface area contributed by atoms with Gasteiger partial charge in [0.1, 0.15) is 0 Å². The molecule has 0 bridgehead atoms. The van der Waals surface area contributed by atoms with E-state index in [9.17, 15) is 9.59 Å². The summed E-state index contributed by atoms with van der Waals surface area (Å²) in [5.74, 6) is -0.100. The molecular weight excluding hydrogens is 512 g/mol. The molecule has 2 amide bonds. The molecule has 1 aliphatic rings. The Labute approximate surface area is 241 Å². The number of amides is 2. The second kappa shape index (κ2) is 12.4. The molecule has 4 nitrogen and oxygen atoms in total. The normalized spacial score (nSPS) is 14.6. The second-order valence-electron chi connectivity index (χ2n) is 10.3. The first-order chi connectivity index (χ1) is 19.4. The Morgan fingerprint density at radius 1 is 0.925 bits per heavy atom. The largest absolute Gasteiger partial charge is 0.349 e. The molecule has 4 aromatic rings. The SMILES string of the molecule is CC[C@@H](Cc1ccccc1)NC(=O)c1ccc(/C=C2\Sc3ccccc3N(Cc3cc(C)ccc3C)C2=O)cc1. The minimum Gasteiger partial charge on any atom is -0.349 e. The second-order valence-corrected chi connectivity index (χ2v) is 11.4. The Kier molecular flexibility index (Phi) is 8.51. The fourth-order valence-corrected chi connectivity index (χ4v) is 5.97. The van der Waals surface area contributed by atoms with Gasteiger partial charge in [-0.1, -0.05) is 97.0 Å². The molecule has 40 heavy (non-hydrogen) atoms. The van der Waals surface area contributed by atoms with Crippen molar-refractivity contribution in [3.8, 4) is 0 Å². The Balaban J connectivity index is 1.33. The molecule has 5 rings (SSSR count). The topological polar surface area (TPSA) is 49.4 Å². The lowest BCUT2D eigenvalue weighted by Gasteiger charge is -2.31. The highest BCUT2D eigenvalue weighted by molar-refractivity contribution is 8.04. The summed E-state index contributed by atoms with van der Waals surface area (Å²) in [7, 11) is 0. The van der Waals surface area contributed by atoms with E-state index in [-0.39, 0.29) is 17.9 Å². The molecule has 0 fully saturated rings. The number of fused-ring (bicyclic) bond motifs is 1. The van der Waals surface area contributed by atoms with Crippen LogP contribution in [-0.2, 0) is 17.8 Å². The van der Waals surface area contributed by atoms with E-state index in [4.69, 9.17) is 0 Å². The maximum Gasteiger partial charge on any atom is 0.265 e. The lowest BCUT2D eigenvalue weighted by molar-refractivity contribution is -0.114. The van der Waals surface area contributed by atoms with Crippen LogP contribution in [0.3, 0.4) is 0 Å². The van der Waals surface area contributed by atoms with Crippen LogP contribution in [0.4, 0.5) is 5.69 Å². The number of aryl methyl sites for hydroxylation is 2. The van der Waals surface area contributed by atoms with Crippen molar-refractivity contribution in [3.05, 3.63) is 135 Å². The van der Waals surface area contributed by atoms with Crippen molar-refractivity contribution in [1.29, 1.82) is 0 Å². The van der Waals surface area contributed by atoms with Crippen LogP contribution in [-0.4, -0.2) is 17.9 Å². The van der Waals surface area contributed by atoms with Gasteiger partial charge >= 0.3 is 0 Å². The molecule has 5 heteroatoms. The summed E-state index contributed by atoms with van der Waals surface area (Å²) in [6.45, 7) is 6.76.